The van der Waals surface area contributed by atoms with Crippen molar-refractivity contribution in [2.24, 2.45) is 0 Å². The molecule has 0 aliphatic rings. The molecule has 0 saturated carbocycles. The molecule has 2 aromatic carbocycles. The molecular weight excluding hydrogens is 227 g/mol. The molecule has 0 amide bonds. The van der Waals surface area contributed by atoms with Crippen molar-refractivity contribution < 1.29 is 14.3 Å². The van der Waals surface area contributed by atoms with E-state index in [1.165, 1.54) is 17.8 Å². The number of hydrogen-bond donors (Lipinski definition) is 1. The van der Waals surface area contributed by atoms with Gasteiger partial charge in [-0.05, 0) is 17.7 Å². The van der Waals surface area contributed by atoms with E-state index < -0.39 is 5.97 Å². The van der Waals surface area contributed by atoms with E-state index in [4.69, 9.17) is 5.11 Å². The van der Waals surface area contributed by atoms with E-state index >= 15 is 0 Å². The molecule has 0 aromatic heterocycles. The molecule has 0 radical (unpaired) electrons. The van der Waals surface area contributed by atoms with Crippen molar-refractivity contribution in [3.8, 4) is 0 Å². The highest BCUT2D eigenvalue weighted by atomic mass is 32.2. The van der Waals surface area contributed by atoms with Crippen molar-refractivity contribution in [1.29, 1.82) is 0 Å². The minimum absolute atomic E-state index is 0.140. The highest BCUT2D eigenvalue weighted by Gasteiger charge is 2.15. The molecule has 2 rings (SSSR count). The minimum atomic E-state index is -1.04. The van der Waals surface area contributed by atoms with Crippen molar-refractivity contribution in [3.63, 3.8) is 0 Å². The lowest BCUT2D eigenvalue weighted by Gasteiger charge is -2.07. The molecule has 2 aromatic rings. The molecule has 0 saturated heterocycles. The summed E-state index contributed by atoms with van der Waals surface area (Å²) in [7, 11) is 0. The Morgan fingerprint density at radius 2 is 1.94 bits per heavy atom. The molecule has 0 unspecified atom stereocenters. The van der Waals surface area contributed by atoms with Crippen LogP contribution >= 0.6 is 11.8 Å². The summed E-state index contributed by atoms with van der Waals surface area (Å²) in [5.74, 6) is -1.39. The zero-order valence-electron chi connectivity index (χ0n) is 8.53. The first-order valence-corrected chi connectivity index (χ1v) is 5.86. The number of halogens is 1. The molecule has 0 spiro atoms. The average Bonchev–Trinajstić information content (AvgIpc) is 2.29. The van der Waals surface area contributed by atoms with E-state index in [0.29, 0.717) is 15.7 Å². The second-order valence-corrected chi connectivity index (χ2v) is 4.14. The predicted octanol–water partition coefficient (Wildman–Crippen LogP) is 3.40. The first-order chi connectivity index (χ1) is 7.65. The van der Waals surface area contributed by atoms with Gasteiger partial charge in [0.25, 0.3) is 0 Å². The van der Waals surface area contributed by atoms with Crippen LogP contribution in [0.1, 0.15) is 10.4 Å². The second-order valence-electron chi connectivity index (χ2n) is 3.29. The summed E-state index contributed by atoms with van der Waals surface area (Å²) in [6.07, 6.45) is 1.72. The Balaban J connectivity index is 2.90. The fraction of sp³-hybridized carbons (Fsp3) is 0.0833. The van der Waals surface area contributed by atoms with Crippen LogP contribution in [-0.4, -0.2) is 17.3 Å². The Hall–Kier alpha value is -1.55. The Kier molecular flexibility index (Phi) is 2.83. The Morgan fingerprint density at radius 1 is 1.31 bits per heavy atom. The third-order valence-electron chi connectivity index (χ3n) is 2.40. The molecular formula is C12H9FO2S. The zero-order chi connectivity index (χ0) is 11.7. The Morgan fingerprint density at radius 3 is 2.50 bits per heavy atom. The van der Waals surface area contributed by atoms with Crippen molar-refractivity contribution in [3.05, 3.63) is 41.7 Å². The van der Waals surface area contributed by atoms with E-state index in [2.05, 4.69) is 0 Å². The number of benzene rings is 2. The third kappa shape index (κ3) is 1.65. The fourth-order valence-corrected chi connectivity index (χ4v) is 2.16. The van der Waals surface area contributed by atoms with Crippen LogP contribution in [0.5, 0.6) is 0 Å². The number of fused-ring (bicyclic) bond motifs is 1. The number of carboxylic acid groups (broad SMARTS) is 1. The number of thioether (sulfide) groups is 1. The quantitative estimate of drug-likeness (QED) is 0.812. The van der Waals surface area contributed by atoms with Crippen molar-refractivity contribution in [1.82, 2.24) is 0 Å². The van der Waals surface area contributed by atoms with E-state index in [-0.39, 0.29) is 11.4 Å². The molecule has 1 N–H and O–H groups in total. The van der Waals surface area contributed by atoms with Crippen molar-refractivity contribution in [2.75, 3.05) is 6.26 Å². The molecule has 2 nitrogen and oxygen atoms in total. The normalized spacial score (nSPS) is 10.6. The topological polar surface area (TPSA) is 37.3 Å². The first kappa shape index (κ1) is 11.0. The molecule has 4 heteroatoms. The number of carboxylic acids is 1. The number of rotatable bonds is 2. The lowest BCUT2D eigenvalue weighted by Crippen LogP contribution is -1.99. The van der Waals surface area contributed by atoms with Crippen LogP contribution in [0.3, 0.4) is 0 Å². The van der Waals surface area contributed by atoms with Gasteiger partial charge in [0.2, 0.25) is 0 Å². The summed E-state index contributed by atoms with van der Waals surface area (Å²) >= 11 is 1.20. The minimum Gasteiger partial charge on any atom is -0.478 e. The maximum absolute atomic E-state index is 13.9. The van der Waals surface area contributed by atoms with Gasteiger partial charge in [-0.1, -0.05) is 24.3 Å². The Bertz CT molecular complexity index is 566. The number of carbonyl (C=O) groups is 1. The van der Waals surface area contributed by atoms with Crippen LogP contribution in [-0.2, 0) is 0 Å². The van der Waals surface area contributed by atoms with Gasteiger partial charge in [0, 0.05) is 10.3 Å². The zero-order valence-corrected chi connectivity index (χ0v) is 9.34. The number of aromatic carboxylic acids is 1. The summed E-state index contributed by atoms with van der Waals surface area (Å²) < 4.78 is 13.9. The summed E-state index contributed by atoms with van der Waals surface area (Å²) in [6, 6.07) is 7.99. The van der Waals surface area contributed by atoms with Gasteiger partial charge in [-0.15, -0.1) is 11.8 Å². The van der Waals surface area contributed by atoms with Crippen molar-refractivity contribution in [2.45, 2.75) is 4.90 Å². The van der Waals surface area contributed by atoms with Gasteiger partial charge in [0.05, 0.1) is 5.56 Å². The van der Waals surface area contributed by atoms with Gasteiger partial charge in [-0.25, -0.2) is 9.18 Å². The SMILES string of the molecule is CSc1cc(C(=O)O)c2ccccc2c1F. The van der Waals surface area contributed by atoms with E-state index in [9.17, 15) is 9.18 Å². The van der Waals surface area contributed by atoms with Gasteiger partial charge in [0.1, 0.15) is 5.82 Å². The number of hydrogen-bond acceptors (Lipinski definition) is 2. The molecule has 0 bridgehead atoms. The standard InChI is InChI=1S/C12H9FO2S/c1-16-10-6-9(12(14)15)7-4-2-3-5-8(7)11(10)13/h2-6H,1H3,(H,14,15). The lowest BCUT2D eigenvalue weighted by molar-refractivity contribution is 0.0698. The van der Waals surface area contributed by atoms with E-state index in [0.717, 1.165) is 0 Å². The smallest absolute Gasteiger partial charge is 0.336 e. The summed E-state index contributed by atoms with van der Waals surface area (Å²) in [5.41, 5.74) is 0.140. The summed E-state index contributed by atoms with van der Waals surface area (Å²) in [6.45, 7) is 0. The van der Waals surface area contributed by atoms with Gasteiger partial charge < -0.3 is 5.11 Å². The molecule has 0 heterocycles. The van der Waals surface area contributed by atoms with Crippen LogP contribution in [0, 0.1) is 5.82 Å². The van der Waals surface area contributed by atoms with Crippen molar-refractivity contribution >= 4 is 28.5 Å². The molecule has 16 heavy (non-hydrogen) atoms. The lowest BCUT2D eigenvalue weighted by atomic mass is 10.0. The molecule has 0 atom stereocenters. The van der Waals surface area contributed by atoms with Crippen LogP contribution in [0.15, 0.2) is 35.2 Å². The van der Waals surface area contributed by atoms with Gasteiger partial charge >= 0.3 is 5.97 Å². The highest BCUT2D eigenvalue weighted by molar-refractivity contribution is 7.98. The monoisotopic (exact) mass is 236 g/mol. The van der Waals surface area contributed by atoms with Gasteiger partial charge in [-0.2, -0.15) is 0 Å². The molecule has 0 aliphatic carbocycles. The van der Waals surface area contributed by atoms with Crippen LogP contribution in [0.2, 0.25) is 0 Å². The second kappa shape index (κ2) is 4.14. The summed E-state index contributed by atoms with van der Waals surface area (Å²) in [5, 5.41) is 9.85. The average molecular weight is 236 g/mol. The first-order valence-electron chi connectivity index (χ1n) is 4.63. The van der Waals surface area contributed by atoms with Crippen LogP contribution in [0.25, 0.3) is 10.8 Å². The Labute approximate surface area is 96.1 Å². The van der Waals surface area contributed by atoms with Gasteiger partial charge in [-0.3, -0.25) is 0 Å². The van der Waals surface area contributed by atoms with E-state index in [1.54, 1.807) is 30.5 Å². The third-order valence-corrected chi connectivity index (χ3v) is 3.13. The van der Waals surface area contributed by atoms with Crippen LogP contribution in [0.4, 0.5) is 4.39 Å². The fourth-order valence-electron chi connectivity index (χ4n) is 1.64. The predicted molar refractivity (Wildman–Crippen MR) is 62.6 cm³/mol. The molecule has 0 fully saturated rings. The molecule has 82 valence electrons. The van der Waals surface area contributed by atoms with Gasteiger partial charge in [0.15, 0.2) is 0 Å². The maximum atomic E-state index is 13.9. The van der Waals surface area contributed by atoms with Crippen LogP contribution < -0.4 is 0 Å². The largest absolute Gasteiger partial charge is 0.478 e. The molecule has 0 aliphatic heterocycles. The highest BCUT2D eigenvalue weighted by Crippen LogP contribution is 2.30. The maximum Gasteiger partial charge on any atom is 0.336 e. The van der Waals surface area contributed by atoms with E-state index in [1.807, 2.05) is 0 Å². The summed E-state index contributed by atoms with van der Waals surface area (Å²) in [4.78, 5) is 11.4.